The first-order valence-corrected chi connectivity index (χ1v) is 12.7. The third-order valence-electron chi connectivity index (χ3n) is 6.78. The maximum absolute atomic E-state index is 13.9. The van der Waals surface area contributed by atoms with Gasteiger partial charge in [0.2, 0.25) is 0 Å². The number of rotatable bonds is 8. The van der Waals surface area contributed by atoms with Crippen LogP contribution >= 0.6 is 0 Å². The Hall–Kier alpha value is -4.71. The Kier molecular flexibility index (Phi) is 7.05. The summed E-state index contributed by atoms with van der Waals surface area (Å²) in [6.45, 7) is 4.02. The van der Waals surface area contributed by atoms with Crippen molar-refractivity contribution in [1.29, 1.82) is 0 Å². The first-order chi connectivity index (χ1) is 18.5. The molecule has 4 aromatic carbocycles. The first kappa shape index (κ1) is 25.0. The minimum absolute atomic E-state index is 0.0345. The zero-order chi connectivity index (χ0) is 26.6. The highest BCUT2D eigenvalue weighted by Crippen LogP contribution is 2.36. The number of fused-ring (bicyclic) bond motifs is 1. The number of nitrogens with zero attached hydrogens (tertiary/aromatic N) is 1. The monoisotopic (exact) mass is 503 g/mol. The molecule has 1 aromatic heterocycles. The summed E-state index contributed by atoms with van der Waals surface area (Å²) in [5, 5.41) is 13.6. The Labute approximate surface area is 221 Å². The van der Waals surface area contributed by atoms with Crippen LogP contribution in [0.4, 0.5) is 0 Å². The van der Waals surface area contributed by atoms with E-state index in [0.717, 1.165) is 40.6 Å². The van der Waals surface area contributed by atoms with Gasteiger partial charge in [0.25, 0.3) is 5.91 Å². The Bertz CT molecular complexity index is 1610. The maximum atomic E-state index is 13.9. The van der Waals surface area contributed by atoms with Gasteiger partial charge >= 0.3 is 5.97 Å². The molecule has 0 spiro atoms. The number of carboxylic acids is 1. The van der Waals surface area contributed by atoms with E-state index in [0.29, 0.717) is 11.4 Å². The van der Waals surface area contributed by atoms with Crippen LogP contribution in [0.25, 0.3) is 33.5 Å². The zero-order valence-corrected chi connectivity index (χ0v) is 21.4. The molecular weight excluding hydrogens is 474 g/mol. The molecule has 0 radical (unpaired) electrons. The number of hydrogen-bond donors (Lipinski definition) is 3. The number of hydrogen-bond acceptors (Lipinski definition) is 3. The van der Waals surface area contributed by atoms with Crippen LogP contribution in [-0.2, 0) is 0 Å². The molecule has 190 valence electrons. The molecule has 6 nitrogen and oxygen atoms in total. The molecule has 0 fully saturated rings. The highest BCUT2D eigenvalue weighted by Gasteiger charge is 2.28. The number of para-hydroxylation sites is 1. The number of nitrogens with one attached hydrogen (secondary N) is 2. The van der Waals surface area contributed by atoms with Gasteiger partial charge in [0.1, 0.15) is 5.82 Å². The smallest absolute Gasteiger partial charge is 0.337 e. The van der Waals surface area contributed by atoms with Crippen molar-refractivity contribution >= 4 is 22.9 Å². The summed E-state index contributed by atoms with van der Waals surface area (Å²) in [7, 11) is 0. The van der Waals surface area contributed by atoms with E-state index < -0.39 is 5.97 Å². The molecule has 1 atom stereocenters. The lowest BCUT2D eigenvalue weighted by molar-refractivity contribution is 0.0698. The van der Waals surface area contributed by atoms with Crippen molar-refractivity contribution in [3.8, 4) is 22.5 Å². The van der Waals surface area contributed by atoms with E-state index in [2.05, 4.69) is 17.2 Å². The predicted molar refractivity (Wildman–Crippen MR) is 150 cm³/mol. The Balaban J connectivity index is 1.71. The summed E-state index contributed by atoms with van der Waals surface area (Å²) in [6, 6.07) is 28.1. The summed E-state index contributed by atoms with van der Waals surface area (Å²) in [5.41, 5.74) is 5.32. The van der Waals surface area contributed by atoms with Gasteiger partial charge in [-0.25, -0.2) is 9.78 Å². The number of aromatic nitrogens is 2. The van der Waals surface area contributed by atoms with E-state index in [1.54, 1.807) is 12.1 Å². The largest absolute Gasteiger partial charge is 0.478 e. The lowest BCUT2D eigenvalue weighted by atomic mass is 9.90. The standard InChI is InChI=1S/C32H29N3O3/c1-3-11-25(22-15-8-5-9-16-22)34-31(36)24-19-18-23(21-13-6-4-7-14-21)28(32(37)38)27(24)30-33-26-17-10-12-20(2)29(26)35-30/h4-10,12-19,25H,3,11H2,1-2H3,(H,33,35)(H,34,36)(H,37,38)/t25-/m1/s1. The highest BCUT2D eigenvalue weighted by atomic mass is 16.4. The van der Waals surface area contributed by atoms with Crippen LogP contribution in [0.2, 0.25) is 0 Å². The molecule has 3 N–H and O–H groups in total. The van der Waals surface area contributed by atoms with Gasteiger partial charge in [0.15, 0.2) is 0 Å². The van der Waals surface area contributed by atoms with Crippen LogP contribution in [0, 0.1) is 6.92 Å². The number of carbonyl (C=O) groups excluding carboxylic acids is 1. The number of aryl methyl sites for hydroxylation is 1. The van der Waals surface area contributed by atoms with Crippen molar-refractivity contribution in [1.82, 2.24) is 15.3 Å². The highest BCUT2D eigenvalue weighted by molar-refractivity contribution is 6.10. The summed E-state index contributed by atoms with van der Waals surface area (Å²) in [6.07, 6.45) is 1.63. The fourth-order valence-electron chi connectivity index (χ4n) is 4.94. The normalized spacial score (nSPS) is 11.8. The second kappa shape index (κ2) is 10.7. The Morgan fingerprint density at radius 3 is 2.29 bits per heavy atom. The third kappa shape index (κ3) is 4.81. The molecule has 0 saturated carbocycles. The van der Waals surface area contributed by atoms with Gasteiger partial charge in [0, 0.05) is 5.56 Å². The van der Waals surface area contributed by atoms with Gasteiger partial charge in [-0.3, -0.25) is 4.79 Å². The molecular formula is C32H29N3O3. The Morgan fingerprint density at radius 1 is 0.921 bits per heavy atom. The molecule has 5 rings (SSSR count). The van der Waals surface area contributed by atoms with Crippen molar-refractivity contribution in [3.05, 3.63) is 113 Å². The average molecular weight is 504 g/mol. The zero-order valence-electron chi connectivity index (χ0n) is 21.4. The van der Waals surface area contributed by atoms with Crippen LogP contribution in [0.5, 0.6) is 0 Å². The van der Waals surface area contributed by atoms with Crippen molar-refractivity contribution < 1.29 is 14.7 Å². The molecule has 0 aliphatic carbocycles. The summed E-state index contributed by atoms with van der Waals surface area (Å²) < 4.78 is 0. The number of H-pyrrole nitrogens is 1. The van der Waals surface area contributed by atoms with E-state index in [-0.39, 0.29) is 28.6 Å². The van der Waals surface area contributed by atoms with Gasteiger partial charge < -0.3 is 15.4 Å². The lowest BCUT2D eigenvalue weighted by Gasteiger charge is -2.21. The average Bonchev–Trinajstić information content (AvgIpc) is 3.38. The number of imidazole rings is 1. The van der Waals surface area contributed by atoms with Crippen LogP contribution < -0.4 is 5.32 Å². The molecule has 0 aliphatic rings. The van der Waals surface area contributed by atoms with E-state index in [1.807, 2.05) is 85.8 Å². The predicted octanol–water partition coefficient (Wildman–Crippen LogP) is 7.17. The van der Waals surface area contributed by atoms with Gasteiger partial charge in [-0.05, 0) is 47.7 Å². The topological polar surface area (TPSA) is 95.1 Å². The number of carbonyl (C=O) groups is 2. The SMILES string of the molecule is CCC[C@@H](NC(=O)c1ccc(-c2ccccc2)c(C(=O)O)c1-c1nc2c(C)cccc2[nH]1)c1ccccc1. The molecule has 1 heterocycles. The summed E-state index contributed by atoms with van der Waals surface area (Å²) in [5.74, 6) is -1.12. The van der Waals surface area contributed by atoms with Crippen molar-refractivity contribution in [3.63, 3.8) is 0 Å². The van der Waals surface area contributed by atoms with E-state index in [9.17, 15) is 14.7 Å². The second-order valence-corrected chi connectivity index (χ2v) is 9.36. The molecule has 6 heteroatoms. The van der Waals surface area contributed by atoms with Crippen LogP contribution in [0.3, 0.4) is 0 Å². The van der Waals surface area contributed by atoms with Crippen LogP contribution in [-0.4, -0.2) is 27.0 Å². The number of amides is 1. The van der Waals surface area contributed by atoms with Crippen molar-refractivity contribution in [2.24, 2.45) is 0 Å². The van der Waals surface area contributed by atoms with Gasteiger partial charge in [-0.15, -0.1) is 0 Å². The van der Waals surface area contributed by atoms with E-state index in [1.165, 1.54) is 0 Å². The van der Waals surface area contributed by atoms with Crippen LogP contribution in [0.1, 0.15) is 57.7 Å². The minimum Gasteiger partial charge on any atom is -0.478 e. The maximum Gasteiger partial charge on any atom is 0.337 e. The van der Waals surface area contributed by atoms with Crippen molar-refractivity contribution in [2.45, 2.75) is 32.7 Å². The molecule has 0 unspecified atom stereocenters. The molecule has 38 heavy (non-hydrogen) atoms. The van der Waals surface area contributed by atoms with E-state index >= 15 is 0 Å². The second-order valence-electron chi connectivity index (χ2n) is 9.36. The number of aromatic amines is 1. The Morgan fingerprint density at radius 2 is 1.63 bits per heavy atom. The van der Waals surface area contributed by atoms with Gasteiger partial charge in [-0.2, -0.15) is 0 Å². The lowest BCUT2D eigenvalue weighted by Crippen LogP contribution is -2.29. The molecule has 0 bridgehead atoms. The first-order valence-electron chi connectivity index (χ1n) is 12.7. The quantitative estimate of drug-likeness (QED) is 0.209. The number of carboxylic acid groups (broad SMARTS) is 1. The summed E-state index contributed by atoms with van der Waals surface area (Å²) in [4.78, 5) is 34.7. The van der Waals surface area contributed by atoms with Gasteiger partial charge in [-0.1, -0.05) is 92.2 Å². The third-order valence-corrected chi connectivity index (χ3v) is 6.78. The van der Waals surface area contributed by atoms with E-state index in [4.69, 9.17) is 4.98 Å². The fourth-order valence-corrected chi connectivity index (χ4v) is 4.94. The number of benzene rings is 4. The fraction of sp³-hybridized carbons (Fsp3) is 0.156. The molecule has 0 aliphatic heterocycles. The molecule has 5 aromatic rings. The summed E-state index contributed by atoms with van der Waals surface area (Å²) >= 11 is 0. The minimum atomic E-state index is -1.13. The van der Waals surface area contributed by atoms with Crippen LogP contribution in [0.15, 0.2) is 91.0 Å². The molecule has 1 amide bonds. The number of aromatic carboxylic acids is 1. The molecule has 0 saturated heterocycles. The van der Waals surface area contributed by atoms with Gasteiger partial charge in [0.05, 0.1) is 28.2 Å². The van der Waals surface area contributed by atoms with Crippen molar-refractivity contribution in [2.75, 3.05) is 0 Å².